The lowest BCUT2D eigenvalue weighted by molar-refractivity contribution is 0.600. The van der Waals surface area contributed by atoms with Crippen molar-refractivity contribution >= 4 is 23.2 Å². The van der Waals surface area contributed by atoms with Gasteiger partial charge in [0.05, 0.1) is 6.04 Å². The molecule has 2 rings (SSSR count). The van der Waals surface area contributed by atoms with Crippen LogP contribution in [0.25, 0.3) is 0 Å². The monoisotopic (exact) mass is 266 g/mol. The molecule has 0 fully saturated rings. The molecule has 0 aliphatic heterocycles. The van der Waals surface area contributed by atoms with Crippen molar-refractivity contribution in [1.29, 1.82) is 0 Å². The molecule has 18 heavy (non-hydrogen) atoms. The fourth-order valence-electron chi connectivity index (χ4n) is 1.59. The zero-order valence-corrected chi connectivity index (χ0v) is 10.4. The van der Waals surface area contributed by atoms with Gasteiger partial charge in [-0.2, -0.15) is 0 Å². The molecule has 0 bridgehead atoms. The van der Waals surface area contributed by atoms with Gasteiger partial charge in [0.25, 0.3) is 0 Å². The van der Waals surface area contributed by atoms with E-state index in [2.05, 4.69) is 15.3 Å². The Labute approximate surface area is 109 Å². The molecule has 1 aromatic carbocycles. The van der Waals surface area contributed by atoms with Gasteiger partial charge in [0, 0.05) is 5.56 Å². The Bertz CT molecular complexity index is 562. The molecule has 1 heterocycles. The number of halogens is 2. The van der Waals surface area contributed by atoms with Crippen molar-refractivity contribution in [3.63, 3.8) is 0 Å². The summed E-state index contributed by atoms with van der Waals surface area (Å²) in [7, 11) is 0. The van der Waals surface area contributed by atoms with Gasteiger partial charge in [-0.3, -0.25) is 0 Å². The van der Waals surface area contributed by atoms with Crippen molar-refractivity contribution in [1.82, 2.24) is 9.97 Å². The summed E-state index contributed by atoms with van der Waals surface area (Å²) in [6.45, 7) is 1.81. The molecule has 4 nitrogen and oxygen atoms in total. The normalized spacial score (nSPS) is 12.2. The van der Waals surface area contributed by atoms with Crippen LogP contribution in [0.2, 0.25) is 5.02 Å². The summed E-state index contributed by atoms with van der Waals surface area (Å²) in [6, 6.07) is 6.24. The fraction of sp³-hybridized carbons (Fsp3) is 0.167. The molecule has 3 N–H and O–H groups in total. The lowest BCUT2D eigenvalue weighted by Crippen LogP contribution is -2.11. The summed E-state index contributed by atoms with van der Waals surface area (Å²) >= 11 is 5.96. The molecule has 0 saturated heterocycles. The van der Waals surface area contributed by atoms with Crippen LogP contribution in [0.4, 0.5) is 16.0 Å². The van der Waals surface area contributed by atoms with Gasteiger partial charge in [0.1, 0.15) is 23.0 Å². The summed E-state index contributed by atoms with van der Waals surface area (Å²) in [5, 5.41) is 3.24. The molecule has 0 saturated carbocycles. The number of benzene rings is 1. The number of nitrogens with zero attached hydrogens (tertiary/aromatic N) is 2. The molecule has 94 valence electrons. The molecule has 0 aliphatic carbocycles. The van der Waals surface area contributed by atoms with Crippen LogP contribution in [0.1, 0.15) is 18.5 Å². The van der Waals surface area contributed by atoms with Gasteiger partial charge in [-0.15, -0.1) is 0 Å². The van der Waals surface area contributed by atoms with Gasteiger partial charge >= 0.3 is 0 Å². The summed E-state index contributed by atoms with van der Waals surface area (Å²) in [4.78, 5) is 7.74. The van der Waals surface area contributed by atoms with Crippen molar-refractivity contribution in [2.75, 3.05) is 11.1 Å². The van der Waals surface area contributed by atoms with E-state index in [9.17, 15) is 4.39 Å². The predicted molar refractivity (Wildman–Crippen MR) is 69.9 cm³/mol. The van der Waals surface area contributed by atoms with Crippen molar-refractivity contribution in [3.8, 4) is 0 Å². The van der Waals surface area contributed by atoms with E-state index < -0.39 is 0 Å². The van der Waals surface area contributed by atoms with E-state index in [1.807, 2.05) is 6.92 Å². The van der Waals surface area contributed by atoms with Crippen molar-refractivity contribution in [2.45, 2.75) is 13.0 Å². The van der Waals surface area contributed by atoms with Crippen LogP contribution in [-0.2, 0) is 0 Å². The minimum atomic E-state index is -0.282. The van der Waals surface area contributed by atoms with Crippen molar-refractivity contribution in [2.24, 2.45) is 0 Å². The number of rotatable bonds is 3. The summed E-state index contributed by atoms with van der Waals surface area (Å²) in [5.74, 6) is 0.297. The van der Waals surface area contributed by atoms with Crippen LogP contribution < -0.4 is 11.1 Å². The molecule has 6 heteroatoms. The molecule has 0 spiro atoms. The third-order valence-corrected chi connectivity index (χ3v) is 2.91. The number of hydrogen-bond acceptors (Lipinski definition) is 4. The van der Waals surface area contributed by atoms with E-state index in [0.717, 1.165) is 0 Å². The lowest BCUT2D eigenvalue weighted by Gasteiger charge is -2.16. The van der Waals surface area contributed by atoms with Gasteiger partial charge < -0.3 is 11.1 Å². The SMILES string of the molecule is CC(Nc1ncnc(N)c1Cl)c1ccccc1F. The van der Waals surface area contributed by atoms with E-state index in [1.165, 1.54) is 12.4 Å². The highest BCUT2D eigenvalue weighted by atomic mass is 35.5. The van der Waals surface area contributed by atoms with Crippen molar-refractivity contribution < 1.29 is 4.39 Å². The van der Waals surface area contributed by atoms with E-state index in [4.69, 9.17) is 17.3 Å². The third kappa shape index (κ3) is 2.51. The number of aromatic nitrogens is 2. The smallest absolute Gasteiger partial charge is 0.150 e. The van der Waals surface area contributed by atoms with Gasteiger partial charge in [-0.1, -0.05) is 29.8 Å². The van der Waals surface area contributed by atoms with Gasteiger partial charge in [0.2, 0.25) is 0 Å². The standard InChI is InChI=1S/C12H12ClFN4/c1-7(8-4-2-3-5-9(8)14)18-12-10(13)11(15)16-6-17-12/h2-7H,1H3,(H3,15,16,17,18). The molecule has 1 unspecified atom stereocenters. The van der Waals surface area contributed by atoms with E-state index >= 15 is 0 Å². The van der Waals surface area contributed by atoms with Crippen molar-refractivity contribution in [3.05, 3.63) is 47.0 Å². The highest BCUT2D eigenvalue weighted by Crippen LogP contribution is 2.27. The van der Waals surface area contributed by atoms with Crippen LogP contribution in [0.5, 0.6) is 0 Å². The summed E-state index contributed by atoms with van der Waals surface area (Å²) < 4.78 is 13.6. The Morgan fingerprint density at radius 1 is 1.33 bits per heavy atom. The largest absolute Gasteiger partial charge is 0.382 e. The van der Waals surface area contributed by atoms with E-state index in [0.29, 0.717) is 11.4 Å². The minimum absolute atomic E-state index is 0.190. The summed E-state index contributed by atoms with van der Waals surface area (Å²) in [6.07, 6.45) is 1.30. The van der Waals surface area contributed by atoms with Gasteiger partial charge in [-0.05, 0) is 13.0 Å². The predicted octanol–water partition coefficient (Wildman–Crippen LogP) is 3.02. The number of nitrogen functional groups attached to an aromatic ring is 1. The molecule has 1 aromatic heterocycles. The maximum atomic E-state index is 13.6. The fourth-order valence-corrected chi connectivity index (χ4v) is 1.75. The second-order valence-corrected chi connectivity index (χ2v) is 4.19. The Balaban J connectivity index is 2.24. The molecule has 0 radical (unpaired) electrons. The molecule has 2 aromatic rings. The van der Waals surface area contributed by atoms with Crippen LogP contribution in [0.3, 0.4) is 0 Å². The zero-order chi connectivity index (χ0) is 13.1. The van der Waals surface area contributed by atoms with Gasteiger partial charge in [0.15, 0.2) is 5.82 Å². The molecule has 0 aliphatic rings. The zero-order valence-electron chi connectivity index (χ0n) is 9.69. The topological polar surface area (TPSA) is 63.8 Å². The molecule has 1 atom stereocenters. The van der Waals surface area contributed by atoms with E-state index in [-0.39, 0.29) is 22.7 Å². The first-order valence-electron chi connectivity index (χ1n) is 5.36. The second-order valence-electron chi connectivity index (χ2n) is 3.81. The average Bonchev–Trinajstić information content (AvgIpc) is 2.35. The number of anilines is 2. The third-order valence-electron chi connectivity index (χ3n) is 2.54. The van der Waals surface area contributed by atoms with Crippen LogP contribution in [0, 0.1) is 5.82 Å². The van der Waals surface area contributed by atoms with Crippen LogP contribution in [0.15, 0.2) is 30.6 Å². The Morgan fingerprint density at radius 3 is 2.78 bits per heavy atom. The van der Waals surface area contributed by atoms with Crippen LogP contribution >= 0.6 is 11.6 Å². The van der Waals surface area contributed by atoms with E-state index in [1.54, 1.807) is 18.2 Å². The first-order chi connectivity index (χ1) is 8.59. The second kappa shape index (κ2) is 5.18. The lowest BCUT2D eigenvalue weighted by atomic mass is 10.1. The first kappa shape index (κ1) is 12.6. The van der Waals surface area contributed by atoms with Gasteiger partial charge in [-0.25, -0.2) is 14.4 Å². The number of hydrogen-bond donors (Lipinski definition) is 2. The van der Waals surface area contributed by atoms with Crippen LogP contribution in [-0.4, -0.2) is 9.97 Å². The quantitative estimate of drug-likeness (QED) is 0.896. The summed E-state index contributed by atoms with van der Waals surface area (Å²) in [5.41, 5.74) is 6.10. The molecular formula is C12H12ClFN4. The number of nitrogens with one attached hydrogen (secondary N) is 1. The minimum Gasteiger partial charge on any atom is -0.382 e. The first-order valence-corrected chi connectivity index (χ1v) is 5.74. The highest BCUT2D eigenvalue weighted by Gasteiger charge is 2.13. The maximum absolute atomic E-state index is 13.6. The molecule has 0 amide bonds. The Kier molecular flexibility index (Phi) is 3.62. The molecular weight excluding hydrogens is 255 g/mol. The Morgan fingerprint density at radius 2 is 2.06 bits per heavy atom. The maximum Gasteiger partial charge on any atom is 0.150 e. The Hall–Kier alpha value is -1.88. The average molecular weight is 267 g/mol. The highest BCUT2D eigenvalue weighted by molar-refractivity contribution is 6.35. The number of nitrogens with two attached hydrogens (primary N) is 1.